The summed E-state index contributed by atoms with van der Waals surface area (Å²) in [5.41, 5.74) is 1.86. The summed E-state index contributed by atoms with van der Waals surface area (Å²) in [5.74, 6) is -0.596. The molecule has 27 heavy (non-hydrogen) atoms. The lowest BCUT2D eigenvalue weighted by atomic mass is 9.95. The minimum atomic E-state index is -0.836. The van der Waals surface area contributed by atoms with Gasteiger partial charge in [-0.2, -0.15) is 0 Å². The predicted molar refractivity (Wildman–Crippen MR) is 102 cm³/mol. The molecule has 6 heteroatoms. The second kappa shape index (κ2) is 10.9. The molecule has 0 aliphatic carbocycles. The molecule has 2 aromatic rings. The summed E-state index contributed by atoms with van der Waals surface area (Å²) in [6, 6.07) is 16.8. The Bertz CT molecular complexity index is 715. The molecule has 0 fully saturated rings. The van der Waals surface area contributed by atoms with Crippen molar-refractivity contribution in [3.63, 3.8) is 0 Å². The summed E-state index contributed by atoms with van der Waals surface area (Å²) < 4.78 is 10.2. The van der Waals surface area contributed by atoms with Crippen LogP contribution in [0.3, 0.4) is 0 Å². The highest BCUT2D eigenvalue weighted by molar-refractivity contribution is 5.70. The first-order chi connectivity index (χ1) is 13.1. The summed E-state index contributed by atoms with van der Waals surface area (Å²) >= 11 is 0. The van der Waals surface area contributed by atoms with Crippen LogP contribution >= 0.6 is 0 Å². The molecule has 0 aliphatic heterocycles. The van der Waals surface area contributed by atoms with Gasteiger partial charge in [0.2, 0.25) is 0 Å². The van der Waals surface area contributed by atoms with Crippen LogP contribution in [0, 0.1) is 5.92 Å². The number of carboxylic acid groups (broad SMARTS) is 1. The molecule has 0 bridgehead atoms. The highest BCUT2D eigenvalue weighted by atomic mass is 16.5. The molecule has 0 heterocycles. The fourth-order valence-corrected chi connectivity index (χ4v) is 2.67. The molecule has 0 saturated heterocycles. The number of hydrogen-bond acceptors (Lipinski definition) is 4. The van der Waals surface area contributed by atoms with Crippen molar-refractivity contribution in [2.45, 2.75) is 25.9 Å². The Balaban J connectivity index is 1.69. The zero-order valence-electron chi connectivity index (χ0n) is 15.4. The fourth-order valence-electron chi connectivity index (χ4n) is 2.67. The maximum Gasteiger partial charge on any atom is 0.407 e. The summed E-state index contributed by atoms with van der Waals surface area (Å²) in [4.78, 5) is 23.2. The summed E-state index contributed by atoms with van der Waals surface area (Å²) in [6.07, 6.45) is 0.979. The number of amides is 1. The van der Waals surface area contributed by atoms with Gasteiger partial charge in [-0.3, -0.25) is 4.79 Å². The van der Waals surface area contributed by atoms with Crippen LogP contribution in [0.5, 0.6) is 5.75 Å². The van der Waals surface area contributed by atoms with Gasteiger partial charge in [-0.05, 0) is 42.5 Å². The van der Waals surface area contributed by atoms with E-state index in [1.54, 1.807) is 7.11 Å². The SMILES string of the molecule is COc1ccc(CC(CCCNC(=O)OCc2ccccc2)C(=O)O)cc1. The molecule has 0 radical (unpaired) electrons. The number of nitrogens with one attached hydrogen (secondary N) is 1. The minimum absolute atomic E-state index is 0.210. The van der Waals surface area contributed by atoms with Crippen molar-refractivity contribution >= 4 is 12.1 Å². The number of rotatable bonds is 10. The van der Waals surface area contributed by atoms with Gasteiger partial charge in [0, 0.05) is 6.54 Å². The van der Waals surface area contributed by atoms with Crippen LogP contribution in [0.2, 0.25) is 0 Å². The van der Waals surface area contributed by atoms with Crippen molar-refractivity contribution in [2.75, 3.05) is 13.7 Å². The largest absolute Gasteiger partial charge is 0.497 e. The summed E-state index contributed by atoms with van der Waals surface area (Å²) in [6.45, 7) is 0.585. The van der Waals surface area contributed by atoms with E-state index in [0.717, 1.165) is 16.9 Å². The average molecular weight is 371 g/mol. The van der Waals surface area contributed by atoms with E-state index in [2.05, 4.69) is 5.32 Å². The molecule has 0 saturated carbocycles. The third kappa shape index (κ3) is 7.40. The number of hydrogen-bond donors (Lipinski definition) is 2. The zero-order valence-corrected chi connectivity index (χ0v) is 15.4. The Hall–Kier alpha value is -3.02. The Morgan fingerprint density at radius 3 is 2.37 bits per heavy atom. The summed E-state index contributed by atoms with van der Waals surface area (Å²) in [5, 5.41) is 12.1. The molecule has 1 amide bonds. The van der Waals surface area contributed by atoms with E-state index in [0.29, 0.717) is 25.8 Å². The quantitative estimate of drug-likeness (QED) is 0.623. The first-order valence-corrected chi connectivity index (χ1v) is 8.88. The second-order valence-corrected chi connectivity index (χ2v) is 6.22. The van der Waals surface area contributed by atoms with Crippen molar-refractivity contribution in [1.82, 2.24) is 5.32 Å². The van der Waals surface area contributed by atoms with Crippen LogP contribution < -0.4 is 10.1 Å². The van der Waals surface area contributed by atoms with Crippen molar-refractivity contribution in [1.29, 1.82) is 0 Å². The van der Waals surface area contributed by atoms with E-state index >= 15 is 0 Å². The van der Waals surface area contributed by atoms with Gasteiger partial charge in [0.25, 0.3) is 0 Å². The Labute approximate surface area is 159 Å². The highest BCUT2D eigenvalue weighted by Gasteiger charge is 2.18. The molecular weight excluding hydrogens is 346 g/mol. The molecule has 0 spiro atoms. The van der Waals surface area contributed by atoms with Gasteiger partial charge in [-0.15, -0.1) is 0 Å². The number of carbonyl (C=O) groups excluding carboxylic acids is 1. The van der Waals surface area contributed by atoms with Gasteiger partial charge in [0.1, 0.15) is 12.4 Å². The van der Waals surface area contributed by atoms with Crippen molar-refractivity contribution in [2.24, 2.45) is 5.92 Å². The predicted octanol–water partition coefficient (Wildman–Crippen LogP) is 3.65. The van der Waals surface area contributed by atoms with Gasteiger partial charge in [-0.1, -0.05) is 42.5 Å². The smallest absolute Gasteiger partial charge is 0.407 e. The van der Waals surface area contributed by atoms with Gasteiger partial charge in [0.15, 0.2) is 0 Å². The van der Waals surface area contributed by atoms with Gasteiger partial charge in [-0.25, -0.2) is 4.79 Å². The van der Waals surface area contributed by atoms with Crippen LogP contribution in [-0.2, 0) is 22.6 Å². The Morgan fingerprint density at radius 1 is 1.04 bits per heavy atom. The lowest BCUT2D eigenvalue weighted by Crippen LogP contribution is -2.26. The van der Waals surface area contributed by atoms with Crippen LogP contribution in [0.15, 0.2) is 54.6 Å². The van der Waals surface area contributed by atoms with Crippen LogP contribution in [-0.4, -0.2) is 30.8 Å². The molecule has 0 aliphatic rings. The van der Waals surface area contributed by atoms with Gasteiger partial charge < -0.3 is 19.9 Å². The van der Waals surface area contributed by atoms with Gasteiger partial charge in [0.05, 0.1) is 13.0 Å². The first-order valence-electron chi connectivity index (χ1n) is 8.88. The maximum absolute atomic E-state index is 11.7. The number of carboxylic acids is 1. The van der Waals surface area contributed by atoms with Crippen LogP contribution in [0.4, 0.5) is 4.79 Å². The van der Waals surface area contributed by atoms with E-state index in [9.17, 15) is 14.7 Å². The van der Waals surface area contributed by atoms with Gasteiger partial charge >= 0.3 is 12.1 Å². The highest BCUT2D eigenvalue weighted by Crippen LogP contribution is 2.17. The molecule has 1 unspecified atom stereocenters. The lowest BCUT2D eigenvalue weighted by Gasteiger charge is -2.13. The van der Waals surface area contributed by atoms with Crippen LogP contribution in [0.1, 0.15) is 24.0 Å². The second-order valence-electron chi connectivity index (χ2n) is 6.22. The molecule has 2 aromatic carbocycles. The molecule has 6 nitrogen and oxygen atoms in total. The third-order valence-corrected chi connectivity index (χ3v) is 4.20. The van der Waals surface area contributed by atoms with E-state index in [4.69, 9.17) is 9.47 Å². The van der Waals surface area contributed by atoms with Crippen molar-refractivity contribution < 1.29 is 24.2 Å². The van der Waals surface area contributed by atoms with Crippen LogP contribution in [0.25, 0.3) is 0 Å². The maximum atomic E-state index is 11.7. The van der Waals surface area contributed by atoms with E-state index in [1.165, 1.54) is 0 Å². The lowest BCUT2D eigenvalue weighted by molar-refractivity contribution is -0.141. The van der Waals surface area contributed by atoms with E-state index in [1.807, 2.05) is 54.6 Å². The van der Waals surface area contributed by atoms with E-state index < -0.39 is 18.0 Å². The molecule has 0 aromatic heterocycles. The fraction of sp³-hybridized carbons (Fsp3) is 0.333. The number of methoxy groups -OCH3 is 1. The third-order valence-electron chi connectivity index (χ3n) is 4.20. The average Bonchev–Trinajstić information content (AvgIpc) is 2.69. The Morgan fingerprint density at radius 2 is 1.74 bits per heavy atom. The molecular formula is C21H25NO5. The minimum Gasteiger partial charge on any atom is -0.497 e. The Kier molecular flexibility index (Phi) is 8.16. The molecule has 144 valence electrons. The molecule has 1 atom stereocenters. The first kappa shape index (κ1) is 20.3. The summed E-state index contributed by atoms with van der Waals surface area (Å²) in [7, 11) is 1.59. The monoisotopic (exact) mass is 371 g/mol. The topological polar surface area (TPSA) is 84.9 Å². The molecule has 2 rings (SSSR count). The number of aliphatic carboxylic acids is 1. The van der Waals surface area contributed by atoms with Crippen molar-refractivity contribution in [3.05, 3.63) is 65.7 Å². The standard InChI is InChI=1S/C21H25NO5/c1-26-19-11-9-16(10-12-19)14-18(20(23)24)8-5-13-22-21(25)27-15-17-6-3-2-4-7-17/h2-4,6-7,9-12,18H,5,8,13-15H2,1H3,(H,22,25)(H,23,24). The number of alkyl carbamates (subject to hydrolysis) is 1. The van der Waals surface area contributed by atoms with E-state index in [-0.39, 0.29) is 6.61 Å². The normalized spacial score (nSPS) is 11.4. The number of benzene rings is 2. The number of carbonyl (C=O) groups is 2. The number of ether oxygens (including phenoxy) is 2. The van der Waals surface area contributed by atoms with Crippen molar-refractivity contribution in [3.8, 4) is 5.75 Å². The molecule has 2 N–H and O–H groups in total. The zero-order chi connectivity index (χ0) is 19.5.